The van der Waals surface area contributed by atoms with Gasteiger partial charge in [-0.2, -0.15) is 0 Å². The van der Waals surface area contributed by atoms with Crippen LogP contribution in [0.3, 0.4) is 0 Å². The van der Waals surface area contributed by atoms with Crippen molar-refractivity contribution in [3.63, 3.8) is 0 Å². The van der Waals surface area contributed by atoms with Gasteiger partial charge in [0, 0.05) is 30.1 Å². The summed E-state index contributed by atoms with van der Waals surface area (Å²) in [5.74, 6) is 0.265. The van der Waals surface area contributed by atoms with E-state index in [-0.39, 0.29) is 23.9 Å². The van der Waals surface area contributed by atoms with Crippen LogP contribution in [0.1, 0.15) is 32.4 Å². The van der Waals surface area contributed by atoms with Gasteiger partial charge in [-0.05, 0) is 24.6 Å². The molecule has 4 heteroatoms. The normalized spacial score (nSPS) is 23.7. The van der Waals surface area contributed by atoms with Crippen molar-refractivity contribution in [3.8, 4) is 0 Å². The maximum absolute atomic E-state index is 12.2. The predicted molar refractivity (Wildman–Crippen MR) is 78.2 cm³/mol. The Morgan fingerprint density at radius 3 is 2.84 bits per heavy atom. The van der Waals surface area contributed by atoms with Gasteiger partial charge < -0.3 is 10.2 Å². The minimum Gasteiger partial charge on any atom is -0.337 e. The van der Waals surface area contributed by atoms with Crippen molar-refractivity contribution in [2.75, 3.05) is 13.1 Å². The lowest BCUT2D eigenvalue weighted by molar-refractivity contribution is -0.138. The molecule has 2 atom stereocenters. The van der Waals surface area contributed by atoms with Crippen molar-refractivity contribution >= 4 is 17.5 Å². The number of carbonyl (C=O) groups is 1. The standard InChI is InChI=1S/C15H21ClN2O/c1-10(2)15(19)18-9-14(17-8-11(18)3)12-5-4-6-13(16)7-12/h4-7,10-11,14,17H,8-9H2,1-3H3/t11-,14?/m1/s1. The number of hydrogen-bond donors (Lipinski definition) is 1. The molecule has 1 amide bonds. The molecule has 104 valence electrons. The highest BCUT2D eigenvalue weighted by Gasteiger charge is 2.30. The Morgan fingerprint density at radius 1 is 1.47 bits per heavy atom. The smallest absolute Gasteiger partial charge is 0.225 e. The van der Waals surface area contributed by atoms with Crippen LogP contribution in [-0.4, -0.2) is 29.9 Å². The Kier molecular flexibility index (Phi) is 4.48. The van der Waals surface area contributed by atoms with E-state index in [1.165, 1.54) is 0 Å². The zero-order chi connectivity index (χ0) is 14.0. The van der Waals surface area contributed by atoms with Crippen molar-refractivity contribution in [1.82, 2.24) is 10.2 Å². The first-order chi connectivity index (χ1) is 8.99. The van der Waals surface area contributed by atoms with Crippen LogP contribution in [0.25, 0.3) is 0 Å². The molecule has 1 aliphatic heterocycles. The molecule has 19 heavy (non-hydrogen) atoms. The van der Waals surface area contributed by atoms with E-state index >= 15 is 0 Å². The van der Waals surface area contributed by atoms with E-state index in [4.69, 9.17) is 11.6 Å². The molecule has 0 spiro atoms. The van der Waals surface area contributed by atoms with Crippen LogP contribution in [0, 0.1) is 5.92 Å². The van der Waals surface area contributed by atoms with Gasteiger partial charge in [-0.3, -0.25) is 4.79 Å². The highest BCUT2D eigenvalue weighted by molar-refractivity contribution is 6.30. The third kappa shape index (κ3) is 3.28. The Labute approximate surface area is 119 Å². The maximum Gasteiger partial charge on any atom is 0.225 e. The lowest BCUT2D eigenvalue weighted by atomic mass is 10.0. The van der Waals surface area contributed by atoms with E-state index < -0.39 is 0 Å². The van der Waals surface area contributed by atoms with E-state index in [9.17, 15) is 4.79 Å². The average Bonchev–Trinajstić information content (AvgIpc) is 2.38. The number of nitrogens with zero attached hydrogens (tertiary/aromatic N) is 1. The van der Waals surface area contributed by atoms with E-state index in [1.54, 1.807) is 0 Å². The molecule has 0 aromatic heterocycles. The van der Waals surface area contributed by atoms with Gasteiger partial charge in [0.2, 0.25) is 5.91 Å². The third-order valence-corrected chi connectivity index (χ3v) is 3.83. The first-order valence-corrected chi connectivity index (χ1v) is 7.16. The lowest BCUT2D eigenvalue weighted by Gasteiger charge is -2.40. The minimum absolute atomic E-state index is 0.0422. The van der Waals surface area contributed by atoms with Gasteiger partial charge in [-0.1, -0.05) is 37.6 Å². The molecule has 0 aliphatic carbocycles. The number of benzene rings is 1. The number of rotatable bonds is 2. The molecule has 0 bridgehead atoms. The number of hydrogen-bond acceptors (Lipinski definition) is 2. The van der Waals surface area contributed by atoms with Gasteiger partial charge >= 0.3 is 0 Å². The lowest BCUT2D eigenvalue weighted by Crippen LogP contribution is -2.54. The third-order valence-electron chi connectivity index (χ3n) is 3.60. The summed E-state index contributed by atoms with van der Waals surface area (Å²) in [6.45, 7) is 7.51. The van der Waals surface area contributed by atoms with Crippen molar-refractivity contribution in [2.45, 2.75) is 32.9 Å². The zero-order valence-corrected chi connectivity index (χ0v) is 12.4. The number of piperazine rings is 1. The van der Waals surface area contributed by atoms with Crippen LogP contribution >= 0.6 is 11.6 Å². The molecule has 1 N–H and O–H groups in total. The van der Waals surface area contributed by atoms with Gasteiger partial charge in [-0.15, -0.1) is 0 Å². The molecule has 1 unspecified atom stereocenters. The summed E-state index contributed by atoms with van der Waals surface area (Å²) >= 11 is 6.03. The van der Waals surface area contributed by atoms with Crippen LogP contribution in [0.2, 0.25) is 5.02 Å². The first-order valence-electron chi connectivity index (χ1n) is 6.78. The molecule has 0 radical (unpaired) electrons. The number of carbonyl (C=O) groups excluding carboxylic acids is 1. The second kappa shape index (κ2) is 5.93. The van der Waals surface area contributed by atoms with Crippen molar-refractivity contribution in [1.29, 1.82) is 0 Å². The van der Waals surface area contributed by atoms with E-state index in [0.717, 1.165) is 17.1 Å². The van der Waals surface area contributed by atoms with Crippen molar-refractivity contribution in [2.24, 2.45) is 5.92 Å². The summed E-state index contributed by atoms with van der Waals surface area (Å²) in [4.78, 5) is 14.2. The van der Waals surface area contributed by atoms with Crippen LogP contribution in [-0.2, 0) is 4.79 Å². The summed E-state index contributed by atoms with van der Waals surface area (Å²) in [6, 6.07) is 8.24. The Balaban J connectivity index is 2.15. The topological polar surface area (TPSA) is 32.3 Å². The van der Waals surface area contributed by atoms with Gasteiger partial charge in [0.1, 0.15) is 0 Å². The minimum atomic E-state index is 0.0422. The molecular formula is C15H21ClN2O. The number of halogens is 1. The molecule has 1 aliphatic rings. The molecular weight excluding hydrogens is 260 g/mol. The second-order valence-corrected chi connectivity index (χ2v) is 5.95. The van der Waals surface area contributed by atoms with E-state index in [1.807, 2.05) is 36.9 Å². The van der Waals surface area contributed by atoms with Crippen LogP contribution in [0.15, 0.2) is 24.3 Å². The molecule has 1 fully saturated rings. The molecule has 3 nitrogen and oxygen atoms in total. The first kappa shape index (κ1) is 14.4. The second-order valence-electron chi connectivity index (χ2n) is 5.51. The number of amides is 1. The van der Waals surface area contributed by atoms with Crippen LogP contribution in [0.4, 0.5) is 0 Å². The zero-order valence-electron chi connectivity index (χ0n) is 11.7. The predicted octanol–water partition coefficient (Wildman–Crippen LogP) is 2.86. The molecule has 1 saturated heterocycles. The fourth-order valence-corrected chi connectivity index (χ4v) is 2.65. The van der Waals surface area contributed by atoms with Crippen molar-refractivity contribution in [3.05, 3.63) is 34.9 Å². The highest BCUT2D eigenvalue weighted by Crippen LogP contribution is 2.23. The summed E-state index contributed by atoms with van der Waals surface area (Å²) in [6.07, 6.45) is 0. The van der Waals surface area contributed by atoms with Gasteiger partial charge in [-0.25, -0.2) is 0 Å². The largest absolute Gasteiger partial charge is 0.337 e. The molecule has 1 aromatic rings. The maximum atomic E-state index is 12.2. The van der Waals surface area contributed by atoms with E-state index in [2.05, 4.69) is 18.3 Å². The Morgan fingerprint density at radius 2 is 2.21 bits per heavy atom. The number of nitrogens with one attached hydrogen (secondary N) is 1. The van der Waals surface area contributed by atoms with Gasteiger partial charge in [0.15, 0.2) is 0 Å². The Hall–Kier alpha value is -1.06. The Bertz CT molecular complexity index is 461. The summed E-state index contributed by atoms with van der Waals surface area (Å²) in [5, 5.41) is 4.22. The quantitative estimate of drug-likeness (QED) is 0.903. The van der Waals surface area contributed by atoms with E-state index in [0.29, 0.717) is 6.54 Å². The molecule has 1 heterocycles. The summed E-state index contributed by atoms with van der Waals surface area (Å²) in [7, 11) is 0. The highest BCUT2D eigenvalue weighted by atomic mass is 35.5. The van der Waals surface area contributed by atoms with Crippen molar-refractivity contribution < 1.29 is 4.79 Å². The SMILES string of the molecule is CC(C)C(=O)N1CC(c2cccc(Cl)c2)NC[C@H]1C. The summed E-state index contributed by atoms with van der Waals surface area (Å²) in [5.41, 5.74) is 1.14. The van der Waals surface area contributed by atoms with Gasteiger partial charge in [0.25, 0.3) is 0 Å². The fourth-order valence-electron chi connectivity index (χ4n) is 2.45. The van der Waals surface area contributed by atoms with Crippen LogP contribution in [0.5, 0.6) is 0 Å². The monoisotopic (exact) mass is 280 g/mol. The average molecular weight is 281 g/mol. The molecule has 2 rings (SSSR count). The molecule has 0 saturated carbocycles. The summed E-state index contributed by atoms with van der Waals surface area (Å²) < 4.78 is 0. The van der Waals surface area contributed by atoms with Gasteiger partial charge in [0.05, 0.1) is 6.04 Å². The van der Waals surface area contributed by atoms with Crippen LogP contribution < -0.4 is 5.32 Å². The fraction of sp³-hybridized carbons (Fsp3) is 0.533. The molecule has 1 aromatic carbocycles.